The predicted octanol–water partition coefficient (Wildman–Crippen LogP) is 6.59. The molecule has 5 aromatic rings. The van der Waals surface area contributed by atoms with Gasteiger partial charge in [0.2, 0.25) is 0 Å². The summed E-state index contributed by atoms with van der Waals surface area (Å²) in [5, 5.41) is 0. The van der Waals surface area contributed by atoms with Gasteiger partial charge in [-0.3, -0.25) is 0 Å². The monoisotopic (exact) mass is 599 g/mol. The second kappa shape index (κ2) is 13.0. The van der Waals surface area contributed by atoms with Gasteiger partial charge in [-0.2, -0.15) is 0 Å². The molecule has 10 heteroatoms. The van der Waals surface area contributed by atoms with Crippen molar-refractivity contribution < 1.29 is 27.4 Å². The topological polar surface area (TPSA) is 109 Å². The molecule has 1 N–H and O–H groups in total. The first-order valence-corrected chi connectivity index (χ1v) is 15.4. The number of hydrogen-bond acceptors (Lipinski definition) is 7. The fraction of sp³-hybridized carbons (Fsp3) is 0.212. The van der Waals surface area contributed by atoms with Crippen LogP contribution >= 0.6 is 0 Å². The van der Waals surface area contributed by atoms with Crippen LogP contribution in [0, 0.1) is 0 Å². The lowest BCUT2D eigenvalue weighted by molar-refractivity contribution is 0.207. The predicted molar refractivity (Wildman–Crippen MR) is 165 cm³/mol. The zero-order valence-corrected chi connectivity index (χ0v) is 25.1. The Hall–Kier alpha value is -4.83. The van der Waals surface area contributed by atoms with Crippen molar-refractivity contribution >= 4 is 27.1 Å². The van der Waals surface area contributed by atoms with Crippen LogP contribution in [0.15, 0.2) is 95.9 Å². The number of ether oxygens (including phenoxy) is 3. The number of nitrogens with zero attached hydrogens (tertiary/aromatic N) is 2. The van der Waals surface area contributed by atoms with Gasteiger partial charge in [0.15, 0.2) is 11.5 Å². The van der Waals surface area contributed by atoms with E-state index in [-0.39, 0.29) is 10.6 Å². The van der Waals surface area contributed by atoms with Crippen LogP contribution in [-0.4, -0.2) is 38.3 Å². The maximum absolute atomic E-state index is 12.6. The minimum atomic E-state index is -4.07. The SMILES string of the molecule is CCCCc1nc2cc(OC)c(OC)cc2n1Cc1ccc(-c2ccccc2OC(=O)NS(=O)(=O)c2ccccc2)cc1. The van der Waals surface area contributed by atoms with E-state index in [2.05, 4.69) is 11.5 Å². The Kier molecular flexibility index (Phi) is 8.96. The molecule has 0 unspecified atom stereocenters. The van der Waals surface area contributed by atoms with E-state index in [0.717, 1.165) is 47.2 Å². The van der Waals surface area contributed by atoms with Crippen molar-refractivity contribution in [2.45, 2.75) is 37.6 Å². The van der Waals surface area contributed by atoms with E-state index in [1.807, 2.05) is 53.3 Å². The summed E-state index contributed by atoms with van der Waals surface area (Å²) in [6.45, 7) is 2.76. The normalized spacial score (nSPS) is 11.3. The van der Waals surface area contributed by atoms with Gasteiger partial charge in [-0.1, -0.05) is 74.0 Å². The maximum Gasteiger partial charge on any atom is 0.426 e. The van der Waals surface area contributed by atoms with Gasteiger partial charge in [-0.05, 0) is 35.7 Å². The lowest BCUT2D eigenvalue weighted by Gasteiger charge is -2.13. The van der Waals surface area contributed by atoms with E-state index in [1.54, 1.807) is 44.6 Å². The number of carbonyl (C=O) groups excluding carboxylic acids is 1. The average Bonchev–Trinajstić information content (AvgIpc) is 3.35. The van der Waals surface area contributed by atoms with E-state index in [1.165, 1.54) is 12.1 Å². The van der Waals surface area contributed by atoms with Crippen LogP contribution in [0.25, 0.3) is 22.2 Å². The number of hydrogen-bond donors (Lipinski definition) is 1. The molecule has 1 heterocycles. The van der Waals surface area contributed by atoms with Crippen LogP contribution < -0.4 is 18.9 Å². The maximum atomic E-state index is 12.6. The van der Waals surface area contributed by atoms with E-state index >= 15 is 0 Å². The number of aryl methyl sites for hydroxylation is 1. The Morgan fingerprint density at radius 2 is 1.53 bits per heavy atom. The number of imidazole rings is 1. The molecule has 0 radical (unpaired) electrons. The van der Waals surface area contributed by atoms with Gasteiger partial charge < -0.3 is 18.8 Å². The highest BCUT2D eigenvalue weighted by Gasteiger charge is 2.20. The van der Waals surface area contributed by atoms with E-state index in [4.69, 9.17) is 19.2 Å². The molecule has 222 valence electrons. The van der Waals surface area contributed by atoms with Gasteiger partial charge in [0.1, 0.15) is 11.6 Å². The molecule has 1 amide bonds. The van der Waals surface area contributed by atoms with E-state index in [0.29, 0.717) is 23.6 Å². The lowest BCUT2D eigenvalue weighted by atomic mass is 10.0. The Morgan fingerprint density at radius 1 is 0.860 bits per heavy atom. The molecule has 0 aliphatic heterocycles. The summed E-state index contributed by atoms with van der Waals surface area (Å²) in [4.78, 5) is 17.5. The molecule has 0 bridgehead atoms. The molecule has 0 saturated heterocycles. The summed E-state index contributed by atoms with van der Waals surface area (Å²) in [6, 6.07) is 26.4. The van der Waals surface area contributed by atoms with Gasteiger partial charge in [0, 0.05) is 30.7 Å². The summed E-state index contributed by atoms with van der Waals surface area (Å²) in [7, 11) is -0.835. The molecule has 1 aromatic heterocycles. The molecular formula is C33H33N3O6S. The van der Waals surface area contributed by atoms with Crippen molar-refractivity contribution in [2.75, 3.05) is 14.2 Å². The number of fused-ring (bicyclic) bond motifs is 1. The van der Waals surface area contributed by atoms with Crippen molar-refractivity contribution in [3.63, 3.8) is 0 Å². The zero-order chi connectivity index (χ0) is 30.4. The molecular weight excluding hydrogens is 566 g/mol. The second-order valence-corrected chi connectivity index (χ2v) is 11.6. The van der Waals surface area contributed by atoms with Crippen LogP contribution in [0.4, 0.5) is 4.79 Å². The van der Waals surface area contributed by atoms with Crippen molar-refractivity contribution in [2.24, 2.45) is 0 Å². The number of para-hydroxylation sites is 1. The fourth-order valence-electron chi connectivity index (χ4n) is 4.86. The first kappa shape index (κ1) is 29.7. The number of amides is 1. The van der Waals surface area contributed by atoms with Crippen LogP contribution in [0.2, 0.25) is 0 Å². The van der Waals surface area contributed by atoms with Gasteiger partial charge in [0.25, 0.3) is 10.0 Å². The number of aromatic nitrogens is 2. The fourth-order valence-corrected chi connectivity index (χ4v) is 5.75. The Labute approximate surface area is 251 Å². The van der Waals surface area contributed by atoms with Crippen LogP contribution in [0.3, 0.4) is 0 Å². The molecule has 4 aromatic carbocycles. The third-order valence-corrected chi connectivity index (χ3v) is 8.38. The van der Waals surface area contributed by atoms with Gasteiger partial charge in [-0.25, -0.2) is 22.9 Å². The second-order valence-electron chi connectivity index (χ2n) is 9.91. The van der Waals surface area contributed by atoms with Crippen molar-refractivity contribution in [3.8, 4) is 28.4 Å². The summed E-state index contributed by atoms with van der Waals surface area (Å²) in [5.41, 5.74) is 4.32. The largest absolute Gasteiger partial charge is 0.493 e. The van der Waals surface area contributed by atoms with Crippen LogP contribution in [0.5, 0.6) is 17.2 Å². The summed E-state index contributed by atoms with van der Waals surface area (Å²) in [6.07, 6.45) is 1.84. The quantitative estimate of drug-likeness (QED) is 0.182. The van der Waals surface area contributed by atoms with Crippen molar-refractivity contribution in [3.05, 3.63) is 102 Å². The van der Waals surface area contributed by atoms with Gasteiger partial charge in [-0.15, -0.1) is 0 Å². The molecule has 0 aliphatic rings. The van der Waals surface area contributed by atoms with E-state index in [9.17, 15) is 13.2 Å². The summed E-state index contributed by atoms with van der Waals surface area (Å²) in [5.74, 6) is 2.51. The standard InChI is InChI=1S/C33H33N3O6S/c1-4-5-15-32-34-27-20-30(40-2)31(41-3)21-28(27)36(32)22-23-16-18-24(19-17-23)26-13-9-10-14-29(26)42-33(37)35-43(38,39)25-11-7-6-8-12-25/h6-14,16-21H,4-5,15,22H2,1-3H3,(H,35,37). The first-order chi connectivity index (χ1) is 20.8. The molecule has 0 aliphatic carbocycles. The molecule has 9 nitrogen and oxygen atoms in total. The zero-order valence-electron chi connectivity index (χ0n) is 24.2. The molecule has 0 spiro atoms. The van der Waals surface area contributed by atoms with Crippen LogP contribution in [-0.2, 0) is 23.0 Å². The number of unbranched alkanes of at least 4 members (excludes halogenated alkanes) is 1. The molecule has 5 rings (SSSR count). The van der Waals surface area contributed by atoms with Crippen molar-refractivity contribution in [1.82, 2.24) is 14.3 Å². The number of methoxy groups -OCH3 is 2. The number of rotatable bonds is 11. The average molecular weight is 600 g/mol. The number of nitrogens with one attached hydrogen (secondary N) is 1. The number of benzene rings is 4. The minimum absolute atomic E-state index is 0.0306. The third kappa shape index (κ3) is 6.65. The molecule has 0 fully saturated rings. The number of sulfonamides is 1. The highest BCUT2D eigenvalue weighted by molar-refractivity contribution is 7.90. The Bertz CT molecular complexity index is 1830. The van der Waals surface area contributed by atoms with E-state index < -0.39 is 16.1 Å². The molecule has 0 saturated carbocycles. The number of carbonyl (C=O) groups is 1. The molecule has 43 heavy (non-hydrogen) atoms. The Balaban J connectivity index is 1.38. The van der Waals surface area contributed by atoms with Gasteiger partial charge in [0.05, 0.1) is 30.1 Å². The third-order valence-electron chi connectivity index (χ3n) is 7.05. The highest BCUT2D eigenvalue weighted by Crippen LogP contribution is 2.34. The van der Waals surface area contributed by atoms with Gasteiger partial charge >= 0.3 is 6.09 Å². The Morgan fingerprint density at radius 3 is 2.23 bits per heavy atom. The van der Waals surface area contributed by atoms with Crippen molar-refractivity contribution in [1.29, 1.82) is 0 Å². The lowest BCUT2D eigenvalue weighted by Crippen LogP contribution is -2.33. The first-order valence-electron chi connectivity index (χ1n) is 13.9. The minimum Gasteiger partial charge on any atom is -0.493 e. The summed E-state index contributed by atoms with van der Waals surface area (Å²) < 4.78 is 45.8. The molecule has 0 atom stereocenters. The highest BCUT2D eigenvalue weighted by atomic mass is 32.2. The summed E-state index contributed by atoms with van der Waals surface area (Å²) >= 11 is 0. The van der Waals surface area contributed by atoms with Crippen LogP contribution in [0.1, 0.15) is 31.2 Å². The smallest absolute Gasteiger partial charge is 0.426 e.